The van der Waals surface area contributed by atoms with Crippen molar-refractivity contribution < 1.29 is 20.1 Å². The molecule has 0 radical (unpaired) electrons. The van der Waals surface area contributed by atoms with Crippen LogP contribution in [0.1, 0.15) is 40.3 Å². The number of hydrogen-bond donors (Lipinski definition) is 3. The molecule has 23 heavy (non-hydrogen) atoms. The van der Waals surface area contributed by atoms with Gasteiger partial charge < -0.3 is 20.1 Å². The molecule has 0 bridgehead atoms. The first-order chi connectivity index (χ1) is 11.0. The molecule has 0 aliphatic carbocycles. The standard InChI is InChI=1S/C19H24O4/c1-4-14-5-12(2)7-16(18(14)21)10-23-11-17-8-13(3)6-15(9-20)19(17)22/h5-8,20-22H,4,9-11H2,1-3H3. The molecule has 124 valence electrons. The molecule has 4 heteroatoms. The van der Waals surface area contributed by atoms with E-state index in [1.165, 1.54) is 0 Å². The summed E-state index contributed by atoms with van der Waals surface area (Å²) in [5.41, 5.74) is 4.82. The molecule has 0 saturated carbocycles. The summed E-state index contributed by atoms with van der Waals surface area (Å²) >= 11 is 0. The summed E-state index contributed by atoms with van der Waals surface area (Å²) in [4.78, 5) is 0. The van der Waals surface area contributed by atoms with Gasteiger partial charge in [-0.05, 0) is 25.8 Å². The van der Waals surface area contributed by atoms with Crippen LogP contribution < -0.4 is 0 Å². The second-order valence-electron chi connectivity index (χ2n) is 5.87. The van der Waals surface area contributed by atoms with E-state index in [0.717, 1.165) is 28.7 Å². The summed E-state index contributed by atoms with van der Waals surface area (Å²) < 4.78 is 5.67. The van der Waals surface area contributed by atoms with E-state index in [9.17, 15) is 15.3 Å². The third kappa shape index (κ3) is 4.03. The van der Waals surface area contributed by atoms with Crippen molar-refractivity contribution in [3.63, 3.8) is 0 Å². The van der Waals surface area contributed by atoms with Gasteiger partial charge in [0.15, 0.2) is 0 Å². The van der Waals surface area contributed by atoms with Crippen LogP contribution in [0.3, 0.4) is 0 Å². The molecular formula is C19H24O4. The topological polar surface area (TPSA) is 69.9 Å². The number of ether oxygens (including phenoxy) is 1. The van der Waals surface area contributed by atoms with Crippen LogP contribution in [0.4, 0.5) is 0 Å². The molecule has 0 atom stereocenters. The number of rotatable bonds is 6. The van der Waals surface area contributed by atoms with Crippen LogP contribution in [-0.2, 0) is 31.0 Å². The lowest BCUT2D eigenvalue weighted by Gasteiger charge is -2.13. The van der Waals surface area contributed by atoms with Crippen molar-refractivity contribution >= 4 is 0 Å². The molecule has 0 aromatic heterocycles. The molecule has 2 aromatic carbocycles. The number of aliphatic hydroxyl groups is 1. The third-order valence-corrected chi connectivity index (χ3v) is 3.89. The van der Waals surface area contributed by atoms with Crippen LogP contribution in [0.25, 0.3) is 0 Å². The van der Waals surface area contributed by atoms with Gasteiger partial charge in [0.05, 0.1) is 19.8 Å². The summed E-state index contributed by atoms with van der Waals surface area (Å²) in [5, 5.41) is 29.6. The Hall–Kier alpha value is -2.04. The molecule has 2 rings (SSSR count). The van der Waals surface area contributed by atoms with Crippen LogP contribution >= 0.6 is 0 Å². The first-order valence-corrected chi connectivity index (χ1v) is 7.77. The van der Waals surface area contributed by atoms with E-state index in [-0.39, 0.29) is 31.3 Å². The number of benzene rings is 2. The summed E-state index contributed by atoms with van der Waals surface area (Å²) in [7, 11) is 0. The average Bonchev–Trinajstić information content (AvgIpc) is 2.53. The second kappa shape index (κ2) is 7.49. The molecule has 0 fully saturated rings. The van der Waals surface area contributed by atoms with Crippen molar-refractivity contribution in [2.75, 3.05) is 0 Å². The van der Waals surface area contributed by atoms with Crippen molar-refractivity contribution in [1.29, 1.82) is 0 Å². The fraction of sp³-hybridized carbons (Fsp3) is 0.368. The Kier molecular flexibility index (Phi) is 5.64. The lowest BCUT2D eigenvalue weighted by Crippen LogP contribution is -1.99. The van der Waals surface area contributed by atoms with E-state index >= 15 is 0 Å². The van der Waals surface area contributed by atoms with Crippen LogP contribution in [-0.4, -0.2) is 15.3 Å². The second-order valence-corrected chi connectivity index (χ2v) is 5.87. The van der Waals surface area contributed by atoms with Crippen LogP contribution in [0.2, 0.25) is 0 Å². The summed E-state index contributed by atoms with van der Waals surface area (Å²) in [5.74, 6) is 0.350. The first-order valence-electron chi connectivity index (χ1n) is 7.77. The zero-order valence-corrected chi connectivity index (χ0v) is 13.9. The number of aliphatic hydroxyl groups excluding tert-OH is 1. The number of phenols is 2. The Bertz CT molecular complexity index is 633. The minimum absolute atomic E-state index is 0.0702. The quantitative estimate of drug-likeness (QED) is 0.763. The van der Waals surface area contributed by atoms with Crippen molar-refractivity contribution in [2.24, 2.45) is 0 Å². The lowest BCUT2D eigenvalue weighted by molar-refractivity contribution is 0.103. The molecule has 0 aliphatic rings. The van der Waals surface area contributed by atoms with Crippen molar-refractivity contribution in [3.8, 4) is 11.5 Å². The summed E-state index contributed by atoms with van der Waals surface area (Å²) in [6, 6.07) is 7.46. The molecule has 0 spiro atoms. The van der Waals surface area contributed by atoms with E-state index in [0.29, 0.717) is 11.1 Å². The van der Waals surface area contributed by atoms with E-state index in [1.54, 1.807) is 6.07 Å². The van der Waals surface area contributed by atoms with E-state index in [1.807, 2.05) is 39.0 Å². The SMILES string of the molecule is CCc1cc(C)cc(COCc2cc(C)cc(CO)c2O)c1O. The zero-order valence-electron chi connectivity index (χ0n) is 13.9. The highest BCUT2D eigenvalue weighted by Gasteiger charge is 2.11. The number of phenolic OH excluding ortho intramolecular Hbond substituents is 1. The normalized spacial score (nSPS) is 11.0. The lowest BCUT2D eigenvalue weighted by atomic mass is 10.0. The van der Waals surface area contributed by atoms with Gasteiger partial charge in [-0.25, -0.2) is 0 Å². The number of hydrogen-bond acceptors (Lipinski definition) is 4. The van der Waals surface area contributed by atoms with Gasteiger partial charge in [-0.1, -0.05) is 42.3 Å². The van der Waals surface area contributed by atoms with Gasteiger partial charge in [0.1, 0.15) is 11.5 Å². The Morgan fingerprint density at radius 1 is 0.783 bits per heavy atom. The molecule has 0 unspecified atom stereocenters. The van der Waals surface area contributed by atoms with Gasteiger partial charge in [-0.2, -0.15) is 0 Å². The number of aromatic hydroxyl groups is 2. The highest BCUT2D eigenvalue weighted by Crippen LogP contribution is 2.28. The maximum Gasteiger partial charge on any atom is 0.126 e. The summed E-state index contributed by atoms with van der Waals surface area (Å²) in [6.07, 6.45) is 0.763. The highest BCUT2D eigenvalue weighted by atomic mass is 16.5. The van der Waals surface area contributed by atoms with Crippen molar-refractivity contribution in [2.45, 2.75) is 47.0 Å². The fourth-order valence-electron chi connectivity index (χ4n) is 2.75. The van der Waals surface area contributed by atoms with E-state index < -0.39 is 0 Å². The predicted molar refractivity (Wildman–Crippen MR) is 89.5 cm³/mol. The monoisotopic (exact) mass is 316 g/mol. The molecule has 2 aromatic rings. The molecular weight excluding hydrogens is 292 g/mol. The molecule has 3 N–H and O–H groups in total. The Morgan fingerprint density at radius 2 is 1.22 bits per heavy atom. The van der Waals surface area contributed by atoms with Gasteiger partial charge in [0.25, 0.3) is 0 Å². The van der Waals surface area contributed by atoms with Gasteiger partial charge in [0.2, 0.25) is 0 Å². The van der Waals surface area contributed by atoms with Crippen LogP contribution in [0.15, 0.2) is 24.3 Å². The maximum atomic E-state index is 10.2. The summed E-state index contributed by atoms with van der Waals surface area (Å²) in [6.45, 7) is 6.17. The molecule has 4 nitrogen and oxygen atoms in total. The van der Waals surface area contributed by atoms with Crippen molar-refractivity contribution in [3.05, 3.63) is 57.6 Å². The van der Waals surface area contributed by atoms with Gasteiger partial charge in [0, 0.05) is 16.7 Å². The largest absolute Gasteiger partial charge is 0.507 e. The third-order valence-electron chi connectivity index (χ3n) is 3.89. The van der Waals surface area contributed by atoms with Crippen LogP contribution in [0, 0.1) is 13.8 Å². The Balaban J connectivity index is 2.12. The maximum absolute atomic E-state index is 10.2. The van der Waals surface area contributed by atoms with E-state index in [2.05, 4.69) is 0 Å². The van der Waals surface area contributed by atoms with Gasteiger partial charge >= 0.3 is 0 Å². The highest BCUT2D eigenvalue weighted by molar-refractivity contribution is 5.44. The smallest absolute Gasteiger partial charge is 0.126 e. The zero-order chi connectivity index (χ0) is 17.0. The fourth-order valence-corrected chi connectivity index (χ4v) is 2.75. The Morgan fingerprint density at radius 3 is 1.70 bits per heavy atom. The molecule has 0 aliphatic heterocycles. The predicted octanol–water partition coefficient (Wildman–Crippen LogP) is 3.49. The number of aryl methyl sites for hydroxylation is 3. The minimum atomic E-state index is -0.209. The molecule has 0 heterocycles. The van der Waals surface area contributed by atoms with Crippen molar-refractivity contribution in [1.82, 2.24) is 0 Å². The van der Waals surface area contributed by atoms with Crippen LogP contribution in [0.5, 0.6) is 11.5 Å². The Labute approximate surface area is 137 Å². The van der Waals surface area contributed by atoms with Gasteiger partial charge in [-0.3, -0.25) is 0 Å². The average molecular weight is 316 g/mol. The van der Waals surface area contributed by atoms with Gasteiger partial charge in [-0.15, -0.1) is 0 Å². The first kappa shape index (κ1) is 17.3. The molecule has 0 amide bonds. The van der Waals surface area contributed by atoms with E-state index in [4.69, 9.17) is 4.74 Å². The molecule has 0 saturated heterocycles. The minimum Gasteiger partial charge on any atom is -0.507 e.